The summed E-state index contributed by atoms with van der Waals surface area (Å²) in [6.07, 6.45) is 1.66. The largest absolute Gasteiger partial charge is 0.460 e. The summed E-state index contributed by atoms with van der Waals surface area (Å²) in [5, 5.41) is 0. The first-order valence-electron chi connectivity index (χ1n) is 12.5. The first-order valence-corrected chi connectivity index (χ1v) is 12.5. The average Bonchev–Trinajstić information content (AvgIpc) is 3.05. The van der Waals surface area contributed by atoms with E-state index < -0.39 is 23.8 Å². The Balaban J connectivity index is 1.45. The van der Waals surface area contributed by atoms with Crippen LogP contribution in [0.25, 0.3) is 0 Å². The van der Waals surface area contributed by atoms with Gasteiger partial charge < -0.3 is 18.9 Å². The quantitative estimate of drug-likeness (QED) is 0.530. The summed E-state index contributed by atoms with van der Waals surface area (Å²) in [7, 11) is 0. The maximum atomic E-state index is 14.0. The summed E-state index contributed by atoms with van der Waals surface area (Å²) in [6, 6.07) is 20.1. The number of ether oxygens (including phenoxy) is 4. The number of carbonyl (C=O) groups excluding carboxylic acids is 1. The van der Waals surface area contributed by atoms with Crippen molar-refractivity contribution in [2.24, 2.45) is 11.8 Å². The van der Waals surface area contributed by atoms with Crippen molar-refractivity contribution in [3.05, 3.63) is 71.8 Å². The summed E-state index contributed by atoms with van der Waals surface area (Å²) in [4.78, 5) is 14.0. The standard InChI is InChI=1S/C29H36O5/c1-19-16-17-22(27(2,3)20-12-8-6-9-13-20)23(18-19)31-26(30)29(21-14-10-7-11-15-21)24-25(34-29)33-28(4,5)32-24/h6-15,19,22-25H,16-18H2,1-5H3/t19-,22-,23-,24?,25?,29-/m1/s1. The molecule has 0 spiro atoms. The summed E-state index contributed by atoms with van der Waals surface area (Å²) < 4.78 is 24.6. The van der Waals surface area contributed by atoms with Crippen LogP contribution in [0.3, 0.4) is 0 Å². The van der Waals surface area contributed by atoms with Crippen molar-refractivity contribution in [2.75, 3.05) is 0 Å². The Bertz CT molecular complexity index is 1020. The van der Waals surface area contributed by atoms with Crippen molar-refractivity contribution in [1.82, 2.24) is 0 Å². The Labute approximate surface area is 202 Å². The van der Waals surface area contributed by atoms with E-state index in [4.69, 9.17) is 18.9 Å². The lowest BCUT2D eigenvalue weighted by atomic mass is 9.64. The summed E-state index contributed by atoms with van der Waals surface area (Å²) in [6.45, 7) is 10.5. The van der Waals surface area contributed by atoms with Gasteiger partial charge in [0.25, 0.3) is 0 Å². The van der Waals surface area contributed by atoms with E-state index in [1.165, 1.54) is 5.56 Å². The Morgan fingerprint density at radius 1 is 0.941 bits per heavy atom. The topological polar surface area (TPSA) is 54.0 Å². The SMILES string of the molecule is C[C@@H]1CC[C@@H](C(C)(C)c2ccccc2)[C@H](OC(=O)[C@]2(c3ccccc3)OC3OC(C)(C)OC32)C1. The average molecular weight is 465 g/mol. The maximum Gasteiger partial charge on any atom is 0.346 e. The third kappa shape index (κ3) is 3.88. The number of hydrogen-bond acceptors (Lipinski definition) is 5. The molecule has 182 valence electrons. The highest BCUT2D eigenvalue weighted by atomic mass is 16.9. The Morgan fingerprint density at radius 3 is 2.24 bits per heavy atom. The van der Waals surface area contributed by atoms with E-state index >= 15 is 0 Å². The molecule has 2 aliphatic heterocycles. The molecule has 2 heterocycles. The minimum Gasteiger partial charge on any atom is -0.460 e. The zero-order chi connectivity index (χ0) is 24.1. The van der Waals surface area contributed by atoms with Crippen LogP contribution >= 0.6 is 0 Å². The second kappa shape index (κ2) is 8.47. The van der Waals surface area contributed by atoms with Crippen LogP contribution in [0.5, 0.6) is 0 Å². The molecular formula is C29H36O5. The van der Waals surface area contributed by atoms with Gasteiger partial charge in [-0.15, -0.1) is 0 Å². The summed E-state index contributed by atoms with van der Waals surface area (Å²) in [5.74, 6) is -0.498. The molecule has 0 radical (unpaired) electrons. The minimum absolute atomic E-state index is 0.135. The summed E-state index contributed by atoms with van der Waals surface area (Å²) in [5.41, 5.74) is 0.555. The molecule has 5 heteroatoms. The molecule has 0 bridgehead atoms. The zero-order valence-corrected chi connectivity index (χ0v) is 20.8. The van der Waals surface area contributed by atoms with Gasteiger partial charge in [-0.2, -0.15) is 0 Å². The molecule has 34 heavy (non-hydrogen) atoms. The van der Waals surface area contributed by atoms with Crippen molar-refractivity contribution in [2.45, 2.75) is 89.2 Å². The van der Waals surface area contributed by atoms with Gasteiger partial charge in [0, 0.05) is 5.92 Å². The smallest absolute Gasteiger partial charge is 0.346 e. The van der Waals surface area contributed by atoms with Crippen molar-refractivity contribution in [3.8, 4) is 0 Å². The molecule has 3 fully saturated rings. The van der Waals surface area contributed by atoms with Gasteiger partial charge in [0.05, 0.1) is 0 Å². The van der Waals surface area contributed by atoms with Crippen LogP contribution in [-0.4, -0.2) is 30.3 Å². The molecule has 5 nitrogen and oxygen atoms in total. The highest BCUT2D eigenvalue weighted by molar-refractivity contribution is 5.84. The van der Waals surface area contributed by atoms with Gasteiger partial charge in [0.2, 0.25) is 5.60 Å². The molecular weight excluding hydrogens is 428 g/mol. The number of hydrogen-bond donors (Lipinski definition) is 0. The molecule has 0 N–H and O–H groups in total. The van der Waals surface area contributed by atoms with Gasteiger partial charge in [0.1, 0.15) is 6.10 Å². The van der Waals surface area contributed by atoms with Crippen molar-refractivity contribution in [1.29, 1.82) is 0 Å². The number of esters is 1. The molecule has 2 unspecified atom stereocenters. The Morgan fingerprint density at radius 2 is 1.59 bits per heavy atom. The first-order chi connectivity index (χ1) is 16.1. The molecule has 3 aliphatic rings. The van der Waals surface area contributed by atoms with Crippen LogP contribution < -0.4 is 0 Å². The molecule has 1 aliphatic carbocycles. The second-order valence-corrected chi connectivity index (χ2v) is 11.2. The van der Waals surface area contributed by atoms with E-state index in [2.05, 4.69) is 45.0 Å². The van der Waals surface area contributed by atoms with E-state index in [0.29, 0.717) is 5.92 Å². The van der Waals surface area contributed by atoms with Gasteiger partial charge in [-0.3, -0.25) is 0 Å². The first kappa shape index (κ1) is 23.5. The van der Waals surface area contributed by atoms with E-state index in [0.717, 1.165) is 24.8 Å². The number of benzene rings is 2. The van der Waals surface area contributed by atoms with Crippen LogP contribution in [0.1, 0.15) is 65.0 Å². The van der Waals surface area contributed by atoms with Crippen LogP contribution in [0.4, 0.5) is 0 Å². The lowest BCUT2D eigenvalue weighted by Crippen LogP contribution is -2.66. The lowest BCUT2D eigenvalue weighted by Gasteiger charge is -2.49. The van der Waals surface area contributed by atoms with Gasteiger partial charge in [-0.1, -0.05) is 87.9 Å². The molecule has 1 saturated carbocycles. The molecule has 2 aromatic rings. The maximum absolute atomic E-state index is 14.0. The van der Waals surface area contributed by atoms with E-state index in [-0.39, 0.29) is 23.4 Å². The highest BCUT2D eigenvalue weighted by Gasteiger charge is 2.70. The number of carbonyl (C=O) groups is 1. The Kier molecular flexibility index (Phi) is 5.86. The third-order valence-corrected chi connectivity index (χ3v) is 8.02. The molecule has 0 amide bonds. The van der Waals surface area contributed by atoms with Crippen LogP contribution in [-0.2, 0) is 34.8 Å². The van der Waals surface area contributed by atoms with E-state index in [1.54, 1.807) is 0 Å². The molecule has 6 atom stereocenters. The molecule has 5 rings (SSSR count). The van der Waals surface area contributed by atoms with Gasteiger partial charge >= 0.3 is 5.97 Å². The van der Waals surface area contributed by atoms with Gasteiger partial charge in [-0.25, -0.2) is 4.79 Å². The number of fused-ring (bicyclic) bond motifs is 1. The van der Waals surface area contributed by atoms with Crippen LogP contribution in [0.15, 0.2) is 60.7 Å². The number of rotatable bonds is 5. The normalized spacial score (nSPS) is 34.7. The highest BCUT2D eigenvalue weighted by Crippen LogP contribution is 2.53. The monoisotopic (exact) mass is 464 g/mol. The van der Waals surface area contributed by atoms with Crippen LogP contribution in [0.2, 0.25) is 0 Å². The third-order valence-electron chi connectivity index (χ3n) is 8.02. The fraction of sp³-hybridized carbons (Fsp3) is 0.552. The predicted octanol–water partition coefficient (Wildman–Crippen LogP) is 5.72. The van der Waals surface area contributed by atoms with Crippen LogP contribution in [0, 0.1) is 11.8 Å². The summed E-state index contributed by atoms with van der Waals surface area (Å²) >= 11 is 0. The van der Waals surface area contributed by atoms with Crippen molar-refractivity contribution in [3.63, 3.8) is 0 Å². The minimum atomic E-state index is -1.32. The lowest BCUT2D eigenvalue weighted by molar-refractivity contribution is -0.319. The van der Waals surface area contributed by atoms with Gasteiger partial charge in [0.15, 0.2) is 18.2 Å². The van der Waals surface area contributed by atoms with Crippen molar-refractivity contribution >= 4 is 5.97 Å². The predicted molar refractivity (Wildman–Crippen MR) is 129 cm³/mol. The molecule has 2 aromatic carbocycles. The van der Waals surface area contributed by atoms with Crippen molar-refractivity contribution < 1.29 is 23.7 Å². The molecule has 2 saturated heterocycles. The van der Waals surface area contributed by atoms with Gasteiger partial charge in [-0.05, 0) is 49.1 Å². The molecule has 0 aromatic heterocycles. The second-order valence-electron chi connectivity index (χ2n) is 11.2. The van der Waals surface area contributed by atoms with E-state index in [9.17, 15) is 4.79 Å². The fourth-order valence-electron chi connectivity index (χ4n) is 6.06. The van der Waals surface area contributed by atoms with E-state index in [1.807, 2.05) is 50.2 Å². The Hall–Kier alpha value is -2.21. The zero-order valence-electron chi connectivity index (χ0n) is 20.8. The fourth-order valence-corrected chi connectivity index (χ4v) is 6.06.